The summed E-state index contributed by atoms with van der Waals surface area (Å²) in [5, 5.41) is 7.36. The molecule has 1 aromatic carbocycles. The van der Waals surface area contributed by atoms with Crippen molar-refractivity contribution in [1.82, 2.24) is 15.1 Å². The topological polar surface area (TPSA) is 46.9 Å². The molecule has 1 fully saturated rings. The van der Waals surface area contributed by atoms with Crippen molar-refractivity contribution < 1.29 is 4.79 Å². The van der Waals surface area contributed by atoms with Gasteiger partial charge in [0.15, 0.2) is 0 Å². The molecule has 0 radical (unpaired) electrons. The minimum atomic E-state index is -0.00707. The van der Waals surface area contributed by atoms with Gasteiger partial charge in [0.25, 0.3) is 0 Å². The van der Waals surface area contributed by atoms with Gasteiger partial charge in [0.1, 0.15) is 0 Å². The Morgan fingerprint density at radius 3 is 2.68 bits per heavy atom. The van der Waals surface area contributed by atoms with E-state index in [4.69, 9.17) is 0 Å². The van der Waals surface area contributed by atoms with Crippen molar-refractivity contribution in [3.8, 4) is 0 Å². The number of nitrogens with zero attached hydrogens (tertiary/aromatic N) is 2. The standard InChI is InChI=1S/C17H20BrN3O/c1-10(16-9-19-21(3)11(16)2)20-17(22)15-8-14(15)12-4-6-13(18)7-5-12/h4-7,9-10,14-15H,8H2,1-3H3,(H,20,22). The van der Waals surface area contributed by atoms with Crippen molar-refractivity contribution in [1.29, 1.82) is 0 Å². The maximum absolute atomic E-state index is 12.4. The van der Waals surface area contributed by atoms with Crippen LogP contribution in [0.3, 0.4) is 0 Å². The first-order valence-electron chi connectivity index (χ1n) is 7.51. The van der Waals surface area contributed by atoms with Crippen LogP contribution in [0.25, 0.3) is 0 Å². The second-order valence-electron chi connectivity index (χ2n) is 6.04. The monoisotopic (exact) mass is 361 g/mol. The van der Waals surface area contributed by atoms with E-state index in [0.29, 0.717) is 5.92 Å². The molecule has 1 N–H and O–H groups in total. The largest absolute Gasteiger partial charge is 0.349 e. The summed E-state index contributed by atoms with van der Waals surface area (Å²) >= 11 is 3.44. The van der Waals surface area contributed by atoms with Crippen LogP contribution in [0.15, 0.2) is 34.9 Å². The van der Waals surface area contributed by atoms with Crippen LogP contribution in [0, 0.1) is 12.8 Å². The number of hydrogen-bond acceptors (Lipinski definition) is 2. The zero-order valence-electron chi connectivity index (χ0n) is 13.0. The number of aromatic nitrogens is 2. The van der Waals surface area contributed by atoms with Crippen LogP contribution in [-0.2, 0) is 11.8 Å². The van der Waals surface area contributed by atoms with E-state index in [1.54, 1.807) is 0 Å². The Balaban J connectivity index is 1.62. The molecule has 3 atom stereocenters. The lowest BCUT2D eigenvalue weighted by Gasteiger charge is -2.14. The van der Waals surface area contributed by atoms with E-state index >= 15 is 0 Å². The average molecular weight is 362 g/mol. The Morgan fingerprint density at radius 2 is 2.09 bits per heavy atom. The highest BCUT2D eigenvalue weighted by Crippen LogP contribution is 2.47. The quantitative estimate of drug-likeness (QED) is 0.905. The lowest BCUT2D eigenvalue weighted by molar-refractivity contribution is -0.123. The van der Waals surface area contributed by atoms with Crippen molar-refractivity contribution in [3.63, 3.8) is 0 Å². The highest BCUT2D eigenvalue weighted by atomic mass is 79.9. The molecule has 1 saturated carbocycles. The summed E-state index contributed by atoms with van der Waals surface area (Å²) < 4.78 is 2.90. The number of hydrogen-bond donors (Lipinski definition) is 1. The second-order valence-corrected chi connectivity index (χ2v) is 6.96. The summed E-state index contributed by atoms with van der Waals surface area (Å²) in [5.74, 6) is 0.597. The molecule has 5 heteroatoms. The Hall–Kier alpha value is -1.62. The zero-order chi connectivity index (χ0) is 15.9. The maximum Gasteiger partial charge on any atom is 0.224 e. The minimum absolute atomic E-state index is 0.00707. The molecule has 2 aromatic rings. The molecule has 3 unspecified atom stereocenters. The molecule has 0 spiro atoms. The van der Waals surface area contributed by atoms with Crippen molar-refractivity contribution in [2.24, 2.45) is 13.0 Å². The third kappa shape index (κ3) is 2.95. The molecular formula is C17H20BrN3O. The summed E-state index contributed by atoms with van der Waals surface area (Å²) in [6.45, 7) is 4.03. The highest BCUT2D eigenvalue weighted by Gasteiger charge is 2.44. The van der Waals surface area contributed by atoms with Gasteiger partial charge in [-0.15, -0.1) is 0 Å². The van der Waals surface area contributed by atoms with Crippen LogP contribution in [0.4, 0.5) is 0 Å². The third-order valence-electron chi connectivity index (χ3n) is 4.52. The highest BCUT2D eigenvalue weighted by molar-refractivity contribution is 9.10. The molecule has 1 aromatic heterocycles. The summed E-state index contributed by atoms with van der Waals surface area (Å²) in [6.07, 6.45) is 2.77. The van der Waals surface area contributed by atoms with E-state index in [0.717, 1.165) is 22.2 Å². The van der Waals surface area contributed by atoms with Gasteiger partial charge >= 0.3 is 0 Å². The van der Waals surface area contributed by atoms with Gasteiger partial charge in [-0.25, -0.2) is 0 Å². The molecule has 4 nitrogen and oxygen atoms in total. The van der Waals surface area contributed by atoms with Gasteiger partial charge in [-0.1, -0.05) is 28.1 Å². The van der Waals surface area contributed by atoms with Crippen molar-refractivity contribution in [2.45, 2.75) is 32.2 Å². The zero-order valence-corrected chi connectivity index (χ0v) is 14.6. The maximum atomic E-state index is 12.4. The van der Waals surface area contributed by atoms with E-state index < -0.39 is 0 Å². The Bertz CT molecular complexity index is 692. The fourth-order valence-corrected chi connectivity index (χ4v) is 3.17. The van der Waals surface area contributed by atoms with Gasteiger partial charge in [-0.05, 0) is 43.9 Å². The van der Waals surface area contributed by atoms with E-state index in [-0.39, 0.29) is 17.9 Å². The van der Waals surface area contributed by atoms with Crippen molar-refractivity contribution in [3.05, 3.63) is 51.8 Å². The molecule has 1 aliphatic carbocycles. The molecule has 1 aliphatic rings. The van der Waals surface area contributed by atoms with Gasteiger partial charge in [0.2, 0.25) is 5.91 Å². The lowest BCUT2D eigenvalue weighted by Crippen LogP contribution is -2.28. The predicted octanol–water partition coefficient (Wildman–Crippen LogP) is 3.47. The Morgan fingerprint density at radius 1 is 1.41 bits per heavy atom. The van der Waals surface area contributed by atoms with E-state index in [2.05, 4.69) is 38.5 Å². The van der Waals surface area contributed by atoms with Gasteiger partial charge in [0, 0.05) is 28.7 Å². The number of halogens is 1. The van der Waals surface area contributed by atoms with Gasteiger partial charge in [-0.2, -0.15) is 5.10 Å². The van der Waals surface area contributed by atoms with E-state index in [1.165, 1.54) is 5.56 Å². The van der Waals surface area contributed by atoms with Crippen LogP contribution in [0.5, 0.6) is 0 Å². The smallest absolute Gasteiger partial charge is 0.224 e. The molecule has 0 bridgehead atoms. The number of aryl methyl sites for hydroxylation is 1. The fraction of sp³-hybridized carbons (Fsp3) is 0.412. The number of amides is 1. The van der Waals surface area contributed by atoms with Gasteiger partial charge < -0.3 is 5.32 Å². The van der Waals surface area contributed by atoms with Gasteiger partial charge in [-0.3, -0.25) is 9.48 Å². The van der Waals surface area contributed by atoms with Crippen LogP contribution in [-0.4, -0.2) is 15.7 Å². The minimum Gasteiger partial charge on any atom is -0.349 e. The van der Waals surface area contributed by atoms with Gasteiger partial charge in [0.05, 0.1) is 12.2 Å². The molecular weight excluding hydrogens is 342 g/mol. The Kier molecular flexibility index (Phi) is 4.08. The molecule has 1 amide bonds. The molecule has 22 heavy (non-hydrogen) atoms. The SMILES string of the molecule is Cc1c(C(C)NC(=O)C2CC2c2ccc(Br)cc2)cnn1C. The van der Waals surface area contributed by atoms with Crippen molar-refractivity contribution >= 4 is 21.8 Å². The molecule has 116 valence electrons. The van der Waals surface area contributed by atoms with Crippen LogP contribution in [0.1, 0.15) is 42.1 Å². The number of rotatable bonds is 4. The lowest BCUT2D eigenvalue weighted by atomic mass is 10.1. The molecule has 0 saturated heterocycles. The summed E-state index contributed by atoms with van der Waals surface area (Å²) in [5.41, 5.74) is 3.42. The molecule has 0 aliphatic heterocycles. The van der Waals surface area contributed by atoms with E-state index in [9.17, 15) is 4.79 Å². The summed E-state index contributed by atoms with van der Waals surface area (Å²) in [6, 6.07) is 8.24. The van der Waals surface area contributed by atoms with Crippen LogP contribution in [0.2, 0.25) is 0 Å². The normalized spacial score (nSPS) is 21.5. The number of carbonyl (C=O) groups is 1. The van der Waals surface area contributed by atoms with Crippen LogP contribution >= 0.6 is 15.9 Å². The predicted molar refractivity (Wildman–Crippen MR) is 89.5 cm³/mol. The summed E-state index contributed by atoms with van der Waals surface area (Å²) in [7, 11) is 1.91. The number of nitrogens with one attached hydrogen (secondary N) is 1. The van der Waals surface area contributed by atoms with Crippen molar-refractivity contribution in [2.75, 3.05) is 0 Å². The molecule has 1 heterocycles. The first-order chi connectivity index (χ1) is 10.5. The van der Waals surface area contributed by atoms with Crippen LogP contribution < -0.4 is 5.32 Å². The first kappa shape index (κ1) is 15.3. The third-order valence-corrected chi connectivity index (χ3v) is 5.05. The number of benzene rings is 1. The fourth-order valence-electron chi connectivity index (χ4n) is 2.90. The Labute approximate surface area is 139 Å². The summed E-state index contributed by atoms with van der Waals surface area (Å²) in [4.78, 5) is 12.4. The second kappa shape index (κ2) is 5.88. The number of carbonyl (C=O) groups excluding carboxylic acids is 1. The van der Waals surface area contributed by atoms with E-state index in [1.807, 2.05) is 43.9 Å². The average Bonchev–Trinajstić information content (AvgIpc) is 3.21. The first-order valence-corrected chi connectivity index (χ1v) is 8.31. The molecule has 3 rings (SSSR count).